The minimum atomic E-state index is -0.161. The summed E-state index contributed by atoms with van der Waals surface area (Å²) in [6.07, 6.45) is 3.32. The molecule has 0 aliphatic heterocycles. The number of benzene rings is 3. The van der Waals surface area contributed by atoms with E-state index in [1.165, 1.54) is 11.6 Å². The summed E-state index contributed by atoms with van der Waals surface area (Å²) in [5, 5.41) is 2.87. The Balaban J connectivity index is 1.46. The number of anilines is 1. The standard InChI is InChI=1S/C23H19N3O/c1-16-7-13-20-21(15-16)26-23(25-20)18-9-11-19(12-10-18)24-22(27)14-8-17-5-3-2-4-6-17/h2-15H,1H3,(H,24,27)(H,25,26)/b14-8-. The Morgan fingerprint density at radius 1 is 1.00 bits per heavy atom. The van der Waals surface area contributed by atoms with E-state index in [-0.39, 0.29) is 5.91 Å². The number of H-pyrrole nitrogens is 1. The molecule has 0 radical (unpaired) electrons. The van der Waals surface area contributed by atoms with Gasteiger partial charge in [0, 0.05) is 17.3 Å². The molecule has 0 saturated heterocycles. The molecule has 0 aliphatic carbocycles. The fourth-order valence-corrected chi connectivity index (χ4v) is 2.89. The van der Waals surface area contributed by atoms with Crippen molar-refractivity contribution in [3.63, 3.8) is 0 Å². The second-order valence-electron chi connectivity index (χ2n) is 6.42. The highest BCUT2D eigenvalue weighted by molar-refractivity contribution is 6.02. The molecule has 27 heavy (non-hydrogen) atoms. The first-order valence-corrected chi connectivity index (χ1v) is 8.78. The first kappa shape index (κ1) is 16.8. The van der Waals surface area contributed by atoms with Crippen molar-refractivity contribution in [1.82, 2.24) is 9.97 Å². The fourth-order valence-electron chi connectivity index (χ4n) is 2.89. The van der Waals surface area contributed by atoms with E-state index in [2.05, 4.69) is 34.3 Å². The molecule has 1 heterocycles. The molecule has 4 aromatic rings. The third-order valence-corrected chi connectivity index (χ3v) is 4.29. The number of nitrogens with one attached hydrogen (secondary N) is 2. The molecule has 4 heteroatoms. The zero-order valence-corrected chi connectivity index (χ0v) is 14.9. The van der Waals surface area contributed by atoms with Crippen LogP contribution in [0.4, 0.5) is 5.69 Å². The van der Waals surface area contributed by atoms with E-state index >= 15 is 0 Å². The van der Waals surface area contributed by atoms with Gasteiger partial charge in [0.2, 0.25) is 5.91 Å². The summed E-state index contributed by atoms with van der Waals surface area (Å²) in [5.41, 5.74) is 5.87. The van der Waals surface area contributed by atoms with Crippen LogP contribution >= 0.6 is 0 Å². The normalized spacial score (nSPS) is 11.1. The lowest BCUT2D eigenvalue weighted by Crippen LogP contribution is -2.07. The molecule has 0 atom stereocenters. The van der Waals surface area contributed by atoms with Crippen LogP contribution in [-0.4, -0.2) is 15.9 Å². The van der Waals surface area contributed by atoms with E-state index < -0.39 is 0 Å². The Bertz CT molecular complexity index is 1110. The zero-order valence-electron chi connectivity index (χ0n) is 14.9. The van der Waals surface area contributed by atoms with Gasteiger partial charge >= 0.3 is 0 Å². The average molecular weight is 353 g/mol. The highest BCUT2D eigenvalue weighted by atomic mass is 16.1. The number of fused-ring (bicyclic) bond motifs is 1. The van der Waals surface area contributed by atoms with E-state index in [4.69, 9.17) is 0 Å². The van der Waals surface area contributed by atoms with Gasteiger partial charge < -0.3 is 10.3 Å². The summed E-state index contributed by atoms with van der Waals surface area (Å²) < 4.78 is 0. The fraction of sp³-hybridized carbons (Fsp3) is 0.0435. The molecule has 4 nitrogen and oxygen atoms in total. The number of carbonyl (C=O) groups is 1. The topological polar surface area (TPSA) is 57.8 Å². The third-order valence-electron chi connectivity index (χ3n) is 4.29. The lowest BCUT2D eigenvalue weighted by atomic mass is 10.2. The average Bonchev–Trinajstić information content (AvgIpc) is 3.11. The van der Waals surface area contributed by atoms with E-state index in [0.29, 0.717) is 0 Å². The van der Waals surface area contributed by atoms with Crippen molar-refractivity contribution < 1.29 is 4.79 Å². The summed E-state index contributed by atoms with van der Waals surface area (Å²) >= 11 is 0. The lowest BCUT2D eigenvalue weighted by Gasteiger charge is -2.03. The van der Waals surface area contributed by atoms with Gasteiger partial charge in [-0.15, -0.1) is 0 Å². The van der Waals surface area contributed by atoms with Crippen LogP contribution < -0.4 is 5.32 Å². The highest BCUT2D eigenvalue weighted by Gasteiger charge is 2.06. The van der Waals surface area contributed by atoms with E-state index in [0.717, 1.165) is 33.7 Å². The van der Waals surface area contributed by atoms with Gasteiger partial charge in [-0.1, -0.05) is 36.4 Å². The van der Waals surface area contributed by atoms with Crippen LogP contribution in [0.15, 0.2) is 78.9 Å². The SMILES string of the molecule is Cc1ccc2nc(-c3ccc(NC(=O)/C=C\c4ccccc4)cc3)[nH]c2c1. The summed E-state index contributed by atoms with van der Waals surface area (Å²) in [6, 6.07) is 23.5. The summed E-state index contributed by atoms with van der Waals surface area (Å²) in [7, 11) is 0. The monoisotopic (exact) mass is 353 g/mol. The lowest BCUT2D eigenvalue weighted by molar-refractivity contribution is -0.111. The highest BCUT2D eigenvalue weighted by Crippen LogP contribution is 2.22. The van der Waals surface area contributed by atoms with Crippen LogP contribution in [0, 0.1) is 6.92 Å². The van der Waals surface area contributed by atoms with E-state index in [9.17, 15) is 4.79 Å². The van der Waals surface area contributed by atoms with Gasteiger partial charge in [0.25, 0.3) is 0 Å². The molecule has 0 bridgehead atoms. The Hall–Kier alpha value is -3.66. The maximum Gasteiger partial charge on any atom is 0.248 e. The number of rotatable bonds is 4. The number of hydrogen-bond acceptors (Lipinski definition) is 2. The first-order valence-electron chi connectivity index (χ1n) is 8.78. The second-order valence-corrected chi connectivity index (χ2v) is 6.42. The minimum Gasteiger partial charge on any atom is -0.338 e. The van der Waals surface area contributed by atoms with E-state index in [1.54, 1.807) is 6.08 Å². The molecule has 1 amide bonds. The Kier molecular flexibility index (Phi) is 4.54. The van der Waals surface area contributed by atoms with Crippen molar-refractivity contribution in [3.8, 4) is 11.4 Å². The van der Waals surface area contributed by atoms with Crippen molar-refractivity contribution in [2.24, 2.45) is 0 Å². The number of aromatic nitrogens is 2. The molecule has 3 aromatic carbocycles. The van der Waals surface area contributed by atoms with Crippen molar-refractivity contribution >= 4 is 28.7 Å². The molecule has 2 N–H and O–H groups in total. The Morgan fingerprint density at radius 2 is 1.78 bits per heavy atom. The number of aromatic amines is 1. The van der Waals surface area contributed by atoms with Crippen molar-refractivity contribution in [2.45, 2.75) is 6.92 Å². The molecule has 0 aliphatic rings. The second kappa shape index (κ2) is 7.30. The van der Waals surface area contributed by atoms with E-state index in [1.807, 2.05) is 60.7 Å². The molecule has 4 rings (SSSR count). The largest absolute Gasteiger partial charge is 0.338 e. The van der Waals surface area contributed by atoms with Crippen LogP contribution in [-0.2, 0) is 4.79 Å². The van der Waals surface area contributed by atoms with Crippen LogP contribution in [0.25, 0.3) is 28.5 Å². The van der Waals surface area contributed by atoms with Gasteiger partial charge in [0.15, 0.2) is 0 Å². The molecule has 1 aromatic heterocycles. The maximum atomic E-state index is 12.1. The number of imidazole rings is 1. The summed E-state index contributed by atoms with van der Waals surface area (Å²) in [4.78, 5) is 20.0. The van der Waals surface area contributed by atoms with Crippen molar-refractivity contribution in [1.29, 1.82) is 0 Å². The van der Waals surface area contributed by atoms with Crippen LogP contribution in [0.3, 0.4) is 0 Å². The van der Waals surface area contributed by atoms with Gasteiger partial charge in [0.05, 0.1) is 11.0 Å². The quantitative estimate of drug-likeness (QED) is 0.496. The summed E-state index contributed by atoms with van der Waals surface area (Å²) in [6.45, 7) is 2.06. The van der Waals surface area contributed by atoms with Gasteiger partial charge in [-0.25, -0.2) is 4.98 Å². The third kappa shape index (κ3) is 3.96. The molecule has 132 valence electrons. The predicted molar refractivity (Wildman–Crippen MR) is 110 cm³/mol. The molecule has 0 fully saturated rings. The number of amides is 1. The number of nitrogens with zero attached hydrogens (tertiary/aromatic N) is 1. The zero-order chi connectivity index (χ0) is 18.6. The molecule has 0 unspecified atom stereocenters. The minimum absolute atomic E-state index is 0.161. The van der Waals surface area contributed by atoms with Gasteiger partial charge in [-0.2, -0.15) is 0 Å². The molecule has 0 saturated carbocycles. The number of carbonyl (C=O) groups excluding carboxylic acids is 1. The summed E-state index contributed by atoms with van der Waals surface area (Å²) in [5.74, 6) is 0.656. The molecular formula is C23H19N3O. The van der Waals surface area contributed by atoms with Crippen molar-refractivity contribution in [2.75, 3.05) is 5.32 Å². The molecule has 0 spiro atoms. The van der Waals surface area contributed by atoms with Crippen LogP contribution in [0.1, 0.15) is 11.1 Å². The predicted octanol–water partition coefficient (Wildman–Crippen LogP) is 5.19. The smallest absolute Gasteiger partial charge is 0.248 e. The van der Waals surface area contributed by atoms with Crippen LogP contribution in [0.2, 0.25) is 0 Å². The Labute approximate surface area is 157 Å². The van der Waals surface area contributed by atoms with Gasteiger partial charge in [0.1, 0.15) is 5.82 Å². The Morgan fingerprint density at radius 3 is 2.56 bits per heavy atom. The van der Waals surface area contributed by atoms with Gasteiger partial charge in [-0.05, 0) is 60.5 Å². The number of aryl methyl sites for hydroxylation is 1. The maximum absolute atomic E-state index is 12.1. The van der Waals surface area contributed by atoms with Crippen molar-refractivity contribution in [3.05, 3.63) is 90.0 Å². The molecular weight excluding hydrogens is 334 g/mol. The van der Waals surface area contributed by atoms with Gasteiger partial charge in [-0.3, -0.25) is 4.79 Å². The number of hydrogen-bond donors (Lipinski definition) is 2. The first-order chi connectivity index (χ1) is 13.2. The van der Waals surface area contributed by atoms with Crippen LogP contribution in [0.5, 0.6) is 0 Å².